The van der Waals surface area contributed by atoms with E-state index in [1.165, 1.54) is 0 Å². The van der Waals surface area contributed by atoms with E-state index < -0.39 is 29.6 Å². The smallest absolute Gasteiger partial charge is 0.323 e. The average molecular weight is 555 g/mol. The molecule has 2 aliphatic rings. The molecule has 39 heavy (non-hydrogen) atoms. The van der Waals surface area contributed by atoms with Gasteiger partial charge in [0.2, 0.25) is 0 Å². The van der Waals surface area contributed by atoms with Gasteiger partial charge in [-0.05, 0) is 82.1 Å². The van der Waals surface area contributed by atoms with Crippen LogP contribution in [0.2, 0.25) is 0 Å². The van der Waals surface area contributed by atoms with Gasteiger partial charge in [0.15, 0.2) is 5.41 Å². The van der Waals surface area contributed by atoms with Gasteiger partial charge in [-0.25, -0.2) is 0 Å². The number of aliphatic hydroxyl groups excluding tert-OH is 2. The van der Waals surface area contributed by atoms with Crippen LogP contribution in [0.3, 0.4) is 0 Å². The topological polar surface area (TPSA) is 99.5 Å². The average Bonchev–Trinajstić information content (AvgIpc) is 2.73. The summed E-state index contributed by atoms with van der Waals surface area (Å²) in [5.74, 6) is -0.994. The zero-order chi connectivity index (χ0) is 30.2. The first kappa shape index (κ1) is 34.0. The Balaban J connectivity index is 2.21. The van der Waals surface area contributed by atoms with Gasteiger partial charge in [-0.1, -0.05) is 13.8 Å². The summed E-state index contributed by atoms with van der Waals surface area (Å²) in [6, 6.07) is 0. The SMILES string of the molecule is CCC(CC)(C(=O)OC1CC(C)(C)N(CC(C)O)C(C)(C)C1)C(=O)OC1CC(C)(C)N(CC(C)O)C(C)(C)C1. The zero-order valence-corrected chi connectivity index (χ0v) is 26.9. The predicted molar refractivity (Wildman–Crippen MR) is 154 cm³/mol. The van der Waals surface area contributed by atoms with Crippen molar-refractivity contribution in [2.24, 2.45) is 5.41 Å². The van der Waals surface area contributed by atoms with Crippen LogP contribution in [0, 0.1) is 5.41 Å². The third kappa shape index (κ3) is 7.55. The molecule has 2 rings (SSSR count). The number of carbonyl (C=O) groups is 2. The number of rotatable bonds is 10. The number of likely N-dealkylation sites (tertiary alicyclic amines) is 2. The highest BCUT2D eigenvalue weighted by atomic mass is 16.6. The van der Waals surface area contributed by atoms with E-state index in [0.29, 0.717) is 51.6 Å². The van der Waals surface area contributed by atoms with Crippen molar-refractivity contribution < 1.29 is 29.3 Å². The van der Waals surface area contributed by atoms with Crippen LogP contribution in [0.25, 0.3) is 0 Å². The summed E-state index contributed by atoms with van der Waals surface area (Å²) >= 11 is 0. The molecule has 0 saturated carbocycles. The van der Waals surface area contributed by atoms with Gasteiger partial charge in [0.25, 0.3) is 0 Å². The molecule has 0 aliphatic carbocycles. The third-order valence-corrected chi connectivity index (χ3v) is 9.26. The van der Waals surface area contributed by atoms with Crippen molar-refractivity contribution in [1.29, 1.82) is 0 Å². The maximum atomic E-state index is 13.8. The Morgan fingerprint density at radius 1 is 0.692 bits per heavy atom. The predicted octanol–water partition coefficient (Wildman–Crippen LogP) is 4.68. The van der Waals surface area contributed by atoms with Crippen molar-refractivity contribution >= 4 is 11.9 Å². The maximum Gasteiger partial charge on any atom is 0.323 e. The summed E-state index contributed by atoms with van der Waals surface area (Å²) in [4.78, 5) is 32.1. The molecule has 0 aromatic rings. The number of β-amino-alcohol motifs (C(OH)–C–C–N with tert-alkyl or cyclic N) is 2. The van der Waals surface area contributed by atoms with Gasteiger partial charge in [-0.2, -0.15) is 0 Å². The molecule has 0 aromatic heterocycles. The molecule has 0 amide bonds. The fraction of sp³-hybridized carbons (Fsp3) is 0.935. The normalized spacial score (nSPS) is 25.6. The largest absolute Gasteiger partial charge is 0.461 e. The van der Waals surface area contributed by atoms with Crippen molar-refractivity contribution in [3.63, 3.8) is 0 Å². The second-order valence-electron chi connectivity index (χ2n) is 14.8. The molecule has 2 saturated heterocycles. The summed E-state index contributed by atoms with van der Waals surface area (Å²) in [7, 11) is 0. The molecule has 2 aliphatic heterocycles. The highest BCUT2D eigenvalue weighted by molar-refractivity contribution is 6.00. The molecule has 2 fully saturated rings. The van der Waals surface area contributed by atoms with Crippen LogP contribution in [0.15, 0.2) is 0 Å². The monoisotopic (exact) mass is 554 g/mol. The minimum Gasteiger partial charge on any atom is -0.461 e. The third-order valence-electron chi connectivity index (χ3n) is 9.26. The maximum absolute atomic E-state index is 13.8. The number of aliphatic hydroxyl groups is 2. The van der Waals surface area contributed by atoms with Crippen molar-refractivity contribution in [3.8, 4) is 0 Å². The van der Waals surface area contributed by atoms with Gasteiger partial charge >= 0.3 is 11.9 Å². The van der Waals surface area contributed by atoms with Gasteiger partial charge < -0.3 is 19.7 Å². The first-order valence-corrected chi connectivity index (χ1v) is 15.0. The fourth-order valence-electron chi connectivity index (χ4n) is 7.58. The molecule has 0 bridgehead atoms. The zero-order valence-electron chi connectivity index (χ0n) is 26.9. The van der Waals surface area contributed by atoms with E-state index in [9.17, 15) is 19.8 Å². The van der Waals surface area contributed by atoms with Crippen LogP contribution in [-0.2, 0) is 19.1 Å². The summed E-state index contributed by atoms with van der Waals surface area (Å²) in [5.41, 5.74) is -2.51. The van der Waals surface area contributed by atoms with Gasteiger partial charge in [-0.3, -0.25) is 19.4 Å². The number of hydrogen-bond donors (Lipinski definition) is 2. The van der Waals surface area contributed by atoms with Crippen molar-refractivity contribution in [2.75, 3.05) is 13.1 Å². The quantitative estimate of drug-likeness (QED) is 0.297. The summed E-state index contributed by atoms with van der Waals surface area (Å²) < 4.78 is 12.3. The minimum absolute atomic E-state index is 0.289. The molecule has 2 heterocycles. The first-order valence-electron chi connectivity index (χ1n) is 15.0. The van der Waals surface area contributed by atoms with Crippen LogP contribution < -0.4 is 0 Å². The van der Waals surface area contributed by atoms with Gasteiger partial charge in [-0.15, -0.1) is 0 Å². The van der Waals surface area contributed by atoms with Crippen LogP contribution in [0.1, 0.15) is 122 Å². The van der Waals surface area contributed by atoms with E-state index in [1.54, 1.807) is 13.8 Å². The lowest BCUT2D eigenvalue weighted by Gasteiger charge is -2.55. The number of hydrogen-bond acceptors (Lipinski definition) is 8. The second kappa shape index (κ2) is 11.9. The van der Waals surface area contributed by atoms with Crippen LogP contribution in [0.4, 0.5) is 0 Å². The number of nitrogens with zero attached hydrogens (tertiary/aromatic N) is 2. The van der Waals surface area contributed by atoms with Crippen molar-refractivity contribution in [2.45, 2.75) is 168 Å². The molecule has 0 spiro atoms. The van der Waals surface area contributed by atoms with Crippen molar-refractivity contribution in [1.82, 2.24) is 9.80 Å². The van der Waals surface area contributed by atoms with E-state index in [-0.39, 0.29) is 34.4 Å². The van der Waals surface area contributed by atoms with E-state index in [1.807, 2.05) is 13.8 Å². The Kier molecular flexibility index (Phi) is 10.4. The van der Waals surface area contributed by atoms with E-state index >= 15 is 0 Å². The summed E-state index contributed by atoms with van der Waals surface area (Å²) in [6.45, 7) is 25.3. The van der Waals surface area contributed by atoms with Crippen LogP contribution in [-0.4, -0.2) is 91.6 Å². The number of esters is 2. The lowest BCUT2D eigenvalue weighted by molar-refractivity contribution is -0.190. The number of piperidine rings is 2. The number of ether oxygens (including phenoxy) is 2. The van der Waals surface area contributed by atoms with E-state index in [4.69, 9.17) is 9.47 Å². The molecule has 0 radical (unpaired) electrons. The molecule has 228 valence electrons. The molecule has 8 heteroatoms. The Morgan fingerprint density at radius 3 is 1.15 bits per heavy atom. The number of carbonyl (C=O) groups excluding carboxylic acids is 2. The Labute approximate surface area is 237 Å². The van der Waals surface area contributed by atoms with Gasteiger partial charge in [0, 0.05) is 60.9 Å². The van der Waals surface area contributed by atoms with E-state index in [2.05, 4.69) is 65.2 Å². The first-order chi connectivity index (χ1) is 17.6. The fourth-order valence-corrected chi connectivity index (χ4v) is 7.58. The Morgan fingerprint density at radius 2 is 0.949 bits per heavy atom. The molecular formula is C31H58N2O6. The summed E-state index contributed by atoms with van der Waals surface area (Å²) in [5, 5.41) is 20.1. The standard InChI is InChI=1S/C31H58N2O6/c1-13-31(14-2,25(36)38-23-15-27(5,6)32(19-21(3)34)28(7,8)16-23)26(37)39-24-17-29(9,10)33(20-22(4)35)30(11,12)18-24/h21-24,34-35H,13-20H2,1-12H3. The highest BCUT2D eigenvalue weighted by Crippen LogP contribution is 2.43. The lowest BCUT2D eigenvalue weighted by atomic mass is 9.77. The van der Waals surface area contributed by atoms with Crippen molar-refractivity contribution in [3.05, 3.63) is 0 Å². The van der Waals surface area contributed by atoms with Gasteiger partial charge in [0.05, 0.1) is 12.2 Å². The van der Waals surface area contributed by atoms with Gasteiger partial charge in [0.1, 0.15) is 12.2 Å². The molecular weight excluding hydrogens is 496 g/mol. The molecule has 2 N–H and O–H groups in total. The summed E-state index contributed by atoms with van der Waals surface area (Å²) in [6.07, 6.45) is 1.52. The van der Waals surface area contributed by atoms with E-state index in [0.717, 1.165) is 0 Å². The molecule has 8 nitrogen and oxygen atoms in total. The van der Waals surface area contributed by atoms with Crippen LogP contribution >= 0.6 is 0 Å². The molecule has 2 atom stereocenters. The van der Waals surface area contributed by atoms with Crippen LogP contribution in [0.5, 0.6) is 0 Å². The molecule has 0 aromatic carbocycles. The molecule has 2 unspecified atom stereocenters. The minimum atomic E-state index is -1.35. The second-order valence-corrected chi connectivity index (χ2v) is 14.8. The Hall–Kier alpha value is -1.22. The highest BCUT2D eigenvalue weighted by Gasteiger charge is 2.53. The Bertz CT molecular complexity index is 757. The lowest BCUT2D eigenvalue weighted by Crippen LogP contribution is -2.64.